The average molecular weight is 323 g/mol. The van der Waals surface area contributed by atoms with Gasteiger partial charge in [0, 0.05) is 18.7 Å². The van der Waals surface area contributed by atoms with E-state index in [1.165, 1.54) is 5.56 Å². The number of aromatic nitrogens is 2. The number of aryl methyl sites for hydroxylation is 2. The minimum atomic E-state index is 0.423. The molecule has 5 nitrogen and oxygen atoms in total. The second kappa shape index (κ2) is 6.53. The molecule has 1 aromatic heterocycles. The van der Waals surface area contributed by atoms with Gasteiger partial charge in [-0.3, -0.25) is 0 Å². The molecule has 1 aliphatic rings. The van der Waals surface area contributed by atoms with E-state index in [9.17, 15) is 0 Å². The highest BCUT2D eigenvalue weighted by Crippen LogP contribution is 2.34. The first kappa shape index (κ1) is 15.0. The van der Waals surface area contributed by atoms with Crippen molar-refractivity contribution in [2.45, 2.75) is 25.9 Å². The zero-order valence-corrected chi connectivity index (χ0v) is 13.6. The number of ether oxygens (including phenoxy) is 2. The number of hydrogen-bond donors (Lipinski definition) is 1. The van der Waals surface area contributed by atoms with E-state index in [4.69, 9.17) is 15.2 Å². The SMILES string of the molecule is NCc1nc2cc3c(cc2n1CCCc1ccccc1)OCCO3. The smallest absolute Gasteiger partial charge is 0.163 e. The van der Waals surface area contributed by atoms with Crippen LogP contribution in [-0.4, -0.2) is 22.8 Å². The number of benzene rings is 2. The summed E-state index contributed by atoms with van der Waals surface area (Å²) >= 11 is 0. The Kier molecular flexibility index (Phi) is 4.09. The third-order valence-corrected chi connectivity index (χ3v) is 4.36. The maximum Gasteiger partial charge on any atom is 0.163 e. The van der Waals surface area contributed by atoms with Gasteiger partial charge in [0.25, 0.3) is 0 Å². The molecule has 4 rings (SSSR count). The van der Waals surface area contributed by atoms with Crippen LogP contribution in [0.15, 0.2) is 42.5 Å². The van der Waals surface area contributed by atoms with Crippen LogP contribution in [0.2, 0.25) is 0 Å². The number of hydrogen-bond acceptors (Lipinski definition) is 4. The molecule has 0 spiro atoms. The summed E-state index contributed by atoms with van der Waals surface area (Å²) in [4.78, 5) is 4.67. The summed E-state index contributed by atoms with van der Waals surface area (Å²) < 4.78 is 13.6. The van der Waals surface area contributed by atoms with Crippen LogP contribution in [-0.2, 0) is 19.5 Å². The zero-order valence-electron chi connectivity index (χ0n) is 13.6. The Bertz CT molecular complexity index is 843. The summed E-state index contributed by atoms with van der Waals surface area (Å²) in [7, 11) is 0. The lowest BCUT2D eigenvalue weighted by molar-refractivity contribution is 0.172. The number of imidazole rings is 1. The van der Waals surface area contributed by atoms with Crippen LogP contribution in [0.5, 0.6) is 11.5 Å². The summed E-state index contributed by atoms with van der Waals surface area (Å²) in [6.07, 6.45) is 2.08. The highest BCUT2D eigenvalue weighted by atomic mass is 16.6. The number of nitrogens with two attached hydrogens (primary N) is 1. The van der Waals surface area contributed by atoms with Gasteiger partial charge in [-0.05, 0) is 18.4 Å². The molecule has 5 heteroatoms. The van der Waals surface area contributed by atoms with Crippen molar-refractivity contribution in [1.82, 2.24) is 9.55 Å². The van der Waals surface area contributed by atoms with Gasteiger partial charge in [0.2, 0.25) is 0 Å². The Hall–Kier alpha value is -2.53. The number of rotatable bonds is 5. The molecule has 0 saturated heterocycles. The normalized spacial score (nSPS) is 13.4. The zero-order chi connectivity index (χ0) is 16.4. The average Bonchev–Trinajstić information content (AvgIpc) is 2.97. The van der Waals surface area contributed by atoms with Crippen molar-refractivity contribution in [2.24, 2.45) is 5.73 Å². The van der Waals surface area contributed by atoms with Crippen molar-refractivity contribution >= 4 is 11.0 Å². The molecule has 3 aromatic rings. The molecule has 0 unspecified atom stereocenters. The van der Waals surface area contributed by atoms with Crippen molar-refractivity contribution in [3.05, 3.63) is 53.9 Å². The van der Waals surface area contributed by atoms with Crippen LogP contribution >= 0.6 is 0 Å². The number of fused-ring (bicyclic) bond motifs is 2. The molecule has 0 saturated carbocycles. The lowest BCUT2D eigenvalue weighted by Gasteiger charge is -2.18. The van der Waals surface area contributed by atoms with Crippen LogP contribution in [0, 0.1) is 0 Å². The molecule has 124 valence electrons. The van der Waals surface area contributed by atoms with Gasteiger partial charge in [-0.1, -0.05) is 30.3 Å². The Morgan fingerprint density at radius 2 is 1.79 bits per heavy atom. The molecule has 1 aliphatic heterocycles. The molecular weight excluding hydrogens is 302 g/mol. The van der Waals surface area contributed by atoms with Gasteiger partial charge >= 0.3 is 0 Å². The fourth-order valence-corrected chi connectivity index (χ4v) is 3.20. The first-order valence-electron chi connectivity index (χ1n) is 8.38. The molecule has 0 atom stereocenters. The van der Waals surface area contributed by atoms with Gasteiger partial charge in [0.15, 0.2) is 11.5 Å². The fourth-order valence-electron chi connectivity index (χ4n) is 3.20. The van der Waals surface area contributed by atoms with Crippen molar-refractivity contribution in [3.63, 3.8) is 0 Å². The van der Waals surface area contributed by atoms with Gasteiger partial charge in [-0.25, -0.2) is 4.98 Å². The molecule has 0 radical (unpaired) electrons. The maximum absolute atomic E-state index is 5.90. The Balaban J connectivity index is 1.61. The molecule has 2 heterocycles. The van der Waals surface area contributed by atoms with Crippen LogP contribution in [0.4, 0.5) is 0 Å². The first-order valence-corrected chi connectivity index (χ1v) is 8.38. The van der Waals surface area contributed by atoms with Gasteiger partial charge in [-0.2, -0.15) is 0 Å². The van der Waals surface area contributed by atoms with E-state index in [1.807, 2.05) is 18.2 Å². The molecule has 0 amide bonds. The summed E-state index contributed by atoms with van der Waals surface area (Å²) in [5.41, 5.74) is 9.24. The molecule has 2 N–H and O–H groups in total. The van der Waals surface area contributed by atoms with E-state index in [0.717, 1.165) is 47.7 Å². The molecule has 0 bridgehead atoms. The largest absolute Gasteiger partial charge is 0.486 e. The summed E-state index contributed by atoms with van der Waals surface area (Å²) in [5.74, 6) is 2.47. The molecule has 0 fully saturated rings. The summed E-state index contributed by atoms with van der Waals surface area (Å²) in [5, 5.41) is 0. The van der Waals surface area contributed by atoms with Gasteiger partial charge in [-0.15, -0.1) is 0 Å². The van der Waals surface area contributed by atoms with Crippen molar-refractivity contribution < 1.29 is 9.47 Å². The second-order valence-electron chi connectivity index (χ2n) is 5.96. The van der Waals surface area contributed by atoms with Crippen LogP contribution in [0.3, 0.4) is 0 Å². The Morgan fingerprint density at radius 1 is 1.04 bits per heavy atom. The highest BCUT2D eigenvalue weighted by Gasteiger charge is 2.17. The molecule has 2 aromatic carbocycles. The quantitative estimate of drug-likeness (QED) is 0.784. The van der Waals surface area contributed by atoms with Gasteiger partial charge < -0.3 is 19.8 Å². The summed E-state index contributed by atoms with van der Waals surface area (Å²) in [6.45, 7) is 2.48. The van der Waals surface area contributed by atoms with Crippen molar-refractivity contribution in [1.29, 1.82) is 0 Å². The third kappa shape index (κ3) is 2.83. The number of nitrogens with zero attached hydrogens (tertiary/aromatic N) is 2. The lowest BCUT2D eigenvalue weighted by Crippen LogP contribution is -2.15. The third-order valence-electron chi connectivity index (χ3n) is 4.36. The van der Waals surface area contributed by atoms with E-state index in [1.54, 1.807) is 0 Å². The van der Waals surface area contributed by atoms with E-state index >= 15 is 0 Å². The predicted octanol–water partition coefficient (Wildman–Crippen LogP) is 2.90. The molecule has 24 heavy (non-hydrogen) atoms. The van der Waals surface area contributed by atoms with Crippen LogP contribution in [0.25, 0.3) is 11.0 Å². The maximum atomic E-state index is 5.90. The van der Waals surface area contributed by atoms with Gasteiger partial charge in [0.05, 0.1) is 17.6 Å². The molecule has 0 aliphatic carbocycles. The monoisotopic (exact) mass is 323 g/mol. The van der Waals surface area contributed by atoms with Crippen LogP contribution < -0.4 is 15.2 Å². The second-order valence-corrected chi connectivity index (χ2v) is 5.96. The van der Waals surface area contributed by atoms with Crippen molar-refractivity contribution in [2.75, 3.05) is 13.2 Å². The standard InChI is InChI=1S/C19H21N3O2/c20-13-19-21-15-11-17-18(24-10-9-23-17)12-16(15)22(19)8-4-7-14-5-2-1-3-6-14/h1-3,5-6,11-12H,4,7-10,13,20H2. The molecular formula is C19H21N3O2. The van der Waals surface area contributed by atoms with Gasteiger partial charge in [0.1, 0.15) is 19.0 Å². The van der Waals surface area contributed by atoms with E-state index < -0.39 is 0 Å². The Morgan fingerprint density at radius 3 is 2.54 bits per heavy atom. The first-order chi connectivity index (χ1) is 11.8. The summed E-state index contributed by atoms with van der Waals surface area (Å²) in [6, 6.07) is 14.5. The van der Waals surface area contributed by atoms with Crippen molar-refractivity contribution in [3.8, 4) is 11.5 Å². The van der Waals surface area contributed by atoms with E-state index in [2.05, 4.69) is 33.8 Å². The lowest BCUT2D eigenvalue weighted by atomic mass is 10.1. The topological polar surface area (TPSA) is 62.3 Å². The predicted molar refractivity (Wildman–Crippen MR) is 93.4 cm³/mol. The van der Waals surface area contributed by atoms with E-state index in [0.29, 0.717) is 19.8 Å². The highest BCUT2D eigenvalue weighted by molar-refractivity contribution is 5.80. The minimum Gasteiger partial charge on any atom is -0.486 e. The van der Waals surface area contributed by atoms with E-state index in [-0.39, 0.29) is 0 Å². The minimum absolute atomic E-state index is 0.423. The van der Waals surface area contributed by atoms with Crippen LogP contribution in [0.1, 0.15) is 17.8 Å². The Labute approximate surface area is 141 Å². The fraction of sp³-hybridized carbons (Fsp3) is 0.316.